The standard InChI is InChI=1S/C13H19N/c1-10(7-8-14)12-3-2-4-13(9-12)11-5-6-11/h2-4,9-11H,5-8,14H2,1H3. The van der Waals surface area contributed by atoms with Crippen molar-refractivity contribution in [3.05, 3.63) is 35.4 Å². The summed E-state index contributed by atoms with van der Waals surface area (Å²) in [6.07, 6.45) is 3.86. The summed E-state index contributed by atoms with van der Waals surface area (Å²) in [5.74, 6) is 1.47. The molecule has 1 aromatic rings. The first-order chi connectivity index (χ1) is 6.81. The zero-order chi connectivity index (χ0) is 9.97. The van der Waals surface area contributed by atoms with E-state index in [2.05, 4.69) is 31.2 Å². The van der Waals surface area contributed by atoms with Crippen LogP contribution in [0.15, 0.2) is 24.3 Å². The van der Waals surface area contributed by atoms with Crippen molar-refractivity contribution in [3.8, 4) is 0 Å². The molecule has 1 nitrogen and oxygen atoms in total. The number of nitrogens with two attached hydrogens (primary N) is 1. The van der Waals surface area contributed by atoms with Crippen LogP contribution in [0.25, 0.3) is 0 Å². The minimum atomic E-state index is 0.610. The lowest BCUT2D eigenvalue weighted by Gasteiger charge is -2.11. The van der Waals surface area contributed by atoms with E-state index in [1.54, 1.807) is 0 Å². The maximum Gasteiger partial charge on any atom is -0.00715 e. The quantitative estimate of drug-likeness (QED) is 0.774. The molecule has 2 rings (SSSR count). The van der Waals surface area contributed by atoms with Crippen LogP contribution in [0.2, 0.25) is 0 Å². The van der Waals surface area contributed by atoms with Crippen LogP contribution in [-0.4, -0.2) is 6.54 Å². The highest BCUT2D eigenvalue weighted by Gasteiger charge is 2.23. The SMILES string of the molecule is CC(CCN)c1cccc(C2CC2)c1. The van der Waals surface area contributed by atoms with Gasteiger partial charge in [-0.25, -0.2) is 0 Å². The molecule has 1 aliphatic carbocycles. The molecule has 76 valence electrons. The van der Waals surface area contributed by atoms with Gasteiger partial charge in [-0.1, -0.05) is 31.2 Å². The van der Waals surface area contributed by atoms with Gasteiger partial charge >= 0.3 is 0 Å². The average Bonchev–Trinajstić information content (AvgIpc) is 3.02. The molecule has 2 N–H and O–H groups in total. The van der Waals surface area contributed by atoms with Gasteiger partial charge in [0.2, 0.25) is 0 Å². The fourth-order valence-corrected chi connectivity index (χ4v) is 1.95. The molecule has 14 heavy (non-hydrogen) atoms. The van der Waals surface area contributed by atoms with Crippen LogP contribution in [0.3, 0.4) is 0 Å². The maximum absolute atomic E-state index is 5.58. The Labute approximate surface area is 86.3 Å². The number of hydrogen-bond acceptors (Lipinski definition) is 1. The number of benzene rings is 1. The first kappa shape index (κ1) is 9.72. The lowest BCUT2D eigenvalue weighted by Crippen LogP contribution is -2.04. The molecule has 0 aliphatic heterocycles. The van der Waals surface area contributed by atoms with Crippen molar-refractivity contribution in [1.82, 2.24) is 0 Å². The van der Waals surface area contributed by atoms with Crippen molar-refractivity contribution >= 4 is 0 Å². The lowest BCUT2D eigenvalue weighted by atomic mass is 9.95. The third-order valence-electron chi connectivity index (χ3n) is 3.13. The van der Waals surface area contributed by atoms with Crippen LogP contribution in [0.5, 0.6) is 0 Å². The molecule has 1 atom stereocenters. The maximum atomic E-state index is 5.58. The lowest BCUT2D eigenvalue weighted by molar-refractivity contribution is 0.689. The Morgan fingerprint density at radius 1 is 1.43 bits per heavy atom. The largest absolute Gasteiger partial charge is 0.330 e. The van der Waals surface area contributed by atoms with E-state index >= 15 is 0 Å². The molecule has 0 amide bonds. The summed E-state index contributed by atoms with van der Waals surface area (Å²) in [6.45, 7) is 3.05. The van der Waals surface area contributed by atoms with Crippen LogP contribution in [0, 0.1) is 0 Å². The summed E-state index contributed by atoms with van der Waals surface area (Å²) < 4.78 is 0. The minimum Gasteiger partial charge on any atom is -0.330 e. The van der Waals surface area contributed by atoms with Gasteiger partial charge in [0.25, 0.3) is 0 Å². The van der Waals surface area contributed by atoms with Crippen LogP contribution >= 0.6 is 0 Å². The van der Waals surface area contributed by atoms with E-state index in [4.69, 9.17) is 5.73 Å². The first-order valence-corrected chi connectivity index (χ1v) is 5.61. The first-order valence-electron chi connectivity index (χ1n) is 5.61. The second-order valence-corrected chi connectivity index (χ2v) is 4.42. The molecule has 0 aromatic heterocycles. The second kappa shape index (κ2) is 4.14. The summed E-state index contributed by atoms with van der Waals surface area (Å²) in [5.41, 5.74) is 8.57. The molecule has 0 heterocycles. The molecule has 1 saturated carbocycles. The third kappa shape index (κ3) is 2.16. The Morgan fingerprint density at radius 3 is 2.86 bits per heavy atom. The van der Waals surface area contributed by atoms with Crippen molar-refractivity contribution in [1.29, 1.82) is 0 Å². The number of hydrogen-bond donors (Lipinski definition) is 1. The van der Waals surface area contributed by atoms with E-state index in [1.165, 1.54) is 24.0 Å². The number of rotatable bonds is 4. The van der Waals surface area contributed by atoms with Crippen molar-refractivity contribution in [2.45, 2.75) is 38.0 Å². The molecule has 1 heteroatoms. The smallest absolute Gasteiger partial charge is 0.00715 e. The summed E-state index contributed by atoms with van der Waals surface area (Å²) in [6, 6.07) is 9.05. The van der Waals surface area contributed by atoms with Crippen molar-refractivity contribution in [2.24, 2.45) is 5.73 Å². The highest BCUT2D eigenvalue weighted by atomic mass is 14.5. The predicted molar refractivity (Wildman–Crippen MR) is 60.5 cm³/mol. The van der Waals surface area contributed by atoms with Gasteiger partial charge in [0, 0.05) is 0 Å². The molecule has 1 aromatic carbocycles. The Morgan fingerprint density at radius 2 is 2.21 bits per heavy atom. The van der Waals surface area contributed by atoms with Gasteiger partial charge in [-0.15, -0.1) is 0 Å². The Kier molecular flexibility index (Phi) is 2.87. The summed E-state index contributed by atoms with van der Waals surface area (Å²) in [4.78, 5) is 0. The Hall–Kier alpha value is -0.820. The molecular weight excluding hydrogens is 170 g/mol. The zero-order valence-corrected chi connectivity index (χ0v) is 8.87. The van der Waals surface area contributed by atoms with Gasteiger partial charge < -0.3 is 5.73 Å². The van der Waals surface area contributed by atoms with E-state index < -0.39 is 0 Å². The molecule has 1 fully saturated rings. The molecule has 0 radical (unpaired) electrons. The van der Waals surface area contributed by atoms with Crippen LogP contribution in [0.1, 0.15) is 49.1 Å². The third-order valence-corrected chi connectivity index (χ3v) is 3.13. The van der Waals surface area contributed by atoms with Gasteiger partial charge in [-0.3, -0.25) is 0 Å². The predicted octanol–water partition coefficient (Wildman–Crippen LogP) is 3.02. The van der Waals surface area contributed by atoms with Crippen molar-refractivity contribution in [3.63, 3.8) is 0 Å². The van der Waals surface area contributed by atoms with Crippen LogP contribution in [-0.2, 0) is 0 Å². The Balaban J connectivity index is 2.12. The van der Waals surface area contributed by atoms with Crippen LogP contribution in [0.4, 0.5) is 0 Å². The summed E-state index contributed by atoms with van der Waals surface area (Å²) in [5, 5.41) is 0. The fraction of sp³-hybridized carbons (Fsp3) is 0.538. The molecule has 1 aliphatic rings. The van der Waals surface area contributed by atoms with Gasteiger partial charge in [0.05, 0.1) is 0 Å². The second-order valence-electron chi connectivity index (χ2n) is 4.42. The van der Waals surface area contributed by atoms with E-state index in [0.717, 1.165) is 18.9 Å². The fourth-order valence-electron chi connectivity index (χ4n) is 1.95. The zero-order valence-electron chi connectivity index (χ0n) is 8.87. The monoisotopic (exact) mass is 189 g/mol. The van der Waals surface area contributed by atoms with E-state index in [9.17, 15) is 0 Å². The molecular formula is C13H19N. The highest BCUT2D eigenvalue weighted by Crippen LogP contribution is 2.40. The van der Waals surface area contributed by atoms with Gasteiger partial charge in [-0.05, 0) is 48.8 Å². The molecule has 1 unspecified atom stereocenters. The molecule has 0 saturated heterocycles. The van der Waals surface area contributed by atoms with Crippen molar-refractivity contribution in [2.75, 3.05) is 6.54 Å². The normalized spacial score (nSPS) is 18.1. The van der Waals surface area contributed by atoms with E-state index in [0.29, 0.717) is 5.92 Å². The average molecular weight is 189 g/mol. The van der Waals surface area contributed by atoms with Crippen molar-refractivity contribution < 1.29 is 0 Å². The Bertz CT molecular complexity index is 302. The van der Waals surface area contributed by atoms with Crippen LogP contribution < -0.4 is 5.73 Å². The van der Waals surface area contributed by atoms with Gasteiger partial charge in [0.1, 0.15) is 0 Å². The van der Waals surface area contributed by atoms with Gasteiger partial charge in [-0.2, -0.15) is 0 Å². The summed E-state index contributed by atoms with van der Waals surface area (Å²) >= 11 is 0. The summed E-state index contributed by atoms with van der Waals surface area (Å²) in [7, 11) is 0. The van der Waals surface area contributed by atoms with E-state index in [-0.39, 0.29) is 0 Å². The van der Waals surface area contributed by atoms with Gasteiger partial charge in [0.15, 0.2) is 0 Å². The molecule has 0 bridgehead atoms. The minimum absolute atomic E-state index is 0.610. The highest BCUT2D eigenvalue weighted by molar-refractivity contribution is 5.30. The molecule has 0 spiro atoms. The topological polar surface area (TPSA) is 26.0 Å². The van der Waals surface area contributed by atoms with E-state index in [1.807, 2.05) is 0 Å².